The quantitative estimate of drug-likeness (QED) is 0.898. The van der Waals surface area contributed by atoms with E-state index in [4.69, 9.17) is 11.6 Å². The van der Waals surface area contributed by atoms with Crippen molar-refractivity contribution < 1.29 is 0 Å². The van der Waals surface area contributed by atoms with Gasteiger partial charge in [0.25, 0.3) is 0 Å². The molecule has 1 heterocycles. The molecule has 2 rings (SSSR count). The molecule has 0 aliphatic carbocycles. The highest BCUT2D eigenvalue weighted by atomic mass is 35.5. The predicted octanol–water partition coefficient (Wildman–Crippen LogP) is 4.17. The fraction of sp³-hybridized carbons (Fsp3) is 0.625. The number of hydrogen-bond donors (Lipinski definition) is 1. The van der Waals surface area contributed by atoms with Gasteiger partial charge in [-0.1, -0.05) is 32.4 Å². The van der Waals surface area contributed by atoms with Crippen molar-refractivity contribution in [3.8, 4) is 0 Å². The summed E-state index contributed by atoms with van der Waals surface area (Å²) in [5.74, 6) is 1.20. The molecule has 1 aromatic carbocycles. The highest BCUT2D eigenvalue weighted by Gasteiger charge is 2.26. The molecular formula is C16H25ClN2S. The molecule has 1 aromatic rings. The fourth-order valence-corrected chi connectivity index (χ4v) is 3.86. The van der Waals surface area contributed by atoms with E-state index < -0.39 is 0 Å². The molecule has 0 radical (unpaired) electrons. The first-order valence-electron chi connectivity index (χ1n) is 7.39. The van der Waals surface area contributed by atoms with Crippen LogP contribution >= 0.6 is 23.4 Å². The topological polar surface area (TPSA) is 15.3 Å². The van der Waals surface area contributed by atoms with Gasteiger partial charge in [-0.2, -0.15) is 11.8 Å². The zero-order valence-electron chi connectivity index (χ0n) is 12.8. The molecule has 1 aliphatic rings. The van der Waals surface area contributed by atoms with Crippen LogP contribution in [0.1, 0.15) is 33.3 Å². The van der Waals surface area contributed by atoms with Crippen molar-refractivity contribution in [3.63, 3.8) is 0 Å². The van der Waals surface area contributed by atoms with Crippen LogP contribution in [0, 0.1) is 0 Å². The van der Waals surface area contributed by atoms with Crippen LogP contribution in [0.3, 0.4) is 0 Å². The van der Waals surface area contributed by atoms with E-state index in [1.165, 1.54) is 17.0 Å². The molecule has 2 unspecified atom stereocenters. The Morgan fingerprint density at radius 1 is 1.40 bits per heavy atom. The first-order chi connectivity index (χ1) is 9.49. The van der Waals surface area contributed by atoms with Crippen LogP contribution in [0.15, 0.2) is 18.2 Å². The van der Waals surface area contributed by atoms with Crippen LogP contribution in [-0.2, 0) is 6.54 Å². The van der Waals surface area contributed by atoms with Crippen molar-refractivity contribution >= 4 is 29.1 Å². The van der Waals surface area contributed by atoms with Gasteiger partial charge in [-0.15, -0.1) is 0 Å². The maximum Gasteiger partial charge on any atom is 0.0415 e. The number of nitrogens with zero attached hydrogens (tertiary/aromatic N) is 1. The van der Waals surface area contributed by atoms with Crippen LogP contribution in [0.2, 0.25) is 5.02 Å². The van der Waals surface area contributed by atoms with Gasteiger partial charge in [0.15, 0.2) is 0 Å². The van der Waals surface area contributed by atoms with Gasteiger partial charge in [0.1, 0.15) is 0 Å². The van der Waals surface area contributed by atoms with Crippen LogP contribution in [-0.4, -0.2) is 29.6 Å². The van der Waals surface area contributed by atoms with E-state index >= 15 is 0 Å². The Balaban J connectivity index is 2.25. The van der Waals surface area contributed by atoms with Crippen molar-refractivity contribution in [2.24, 2.45) is 0 Å². The Morgan fingerprint density at radius 3 is 2.85 bits per heavy atom. The number of rotatable bonds is 4. The van der Waals surface area contributed by atoms with Gasteiger partial charge >= 0.3 is 0 Å². The van der Waals surface area contributed by atoms with Crippen LogP contribution in [0.5, 0.6) is 0 Å². The lowest BCUT2D eigenvalue weighted by Crippen LogP contribution is -2.45. The third-order valence-corrected chi connectivity index (χ3v) is 5.51. The smallest absolute Gasteiger partial charge is 0.0415 e. The standard InChI is InChI=1S/C16H25ClN2S/c1-11(2)18-10-14-9-15(17)5-6-16(14)19-7-8-20-13(4)12(19)3/h5-6,9,11-13,18H,7-8,10H2,1-4H3. The second-order valence-electron chi connectivity index (χ2n) is 5.82. The van der Waals surface area contributed by atoms with E-state index in [1.807, 2.05) is 6.07 Å². The number of hydrogen-bond acceptors (Lipinski definition) is 3. The largest absolute Gasteiger partial charge is 0.367 e. The molecule has 0 spiro atoms. The summed E-state index contributed by atoms with van der Waals surface area (Å²) >= 11 is 8.25. The molecule has 0 bridgehead atoms. The molecule has 1 saturated heterocycles. The Bertz CT molecular complexity index is 450. The van der Waals surface area contributed by atoms with Crippen molar-refractivity contribution in [1.29, 1.82) is 0 Å². The lowest BCUT2D eigenvalue weighted by atomic mass is 10.1. The highest BCUT2D eigenvalue weighted by Crippen LogP contribution is 2.32. The molecule has 1 aliphatic heterocycles. The second-order valence-corrected chi connectivity index (χ2v) is 7.74. The van der Waals surface area contributed by atoms with E-state index in [2.05, 4.69) is 61.8 Å². The molecular weight excluding hydrogens is 288 g/mol. The lowest BCUT2D eigenvalue weighted by Gasteiger charge is -2.40. The zero-order chi connectivity index (χ0) is 14.7. The Labute approximate surface area is 132 Å². The van der Waals surface area contributed by atoms with Crippen molar-refractivity contribution in [1.82, 2.24) is 5.32 Å². The van der Waals surface area contributed by atoms with Gasteiger partial charge in [-0.25, -0.2) is 0 Å². The number of benzene rings is 1. The molecule has 0 saturated carbocycles. The van der Waals surface area contributed by atoms with E-state index in [-0.39, 0.29) is 0 Å². The molecule has 2 nitrogen and oxygen atoms in total. The highest BCUT2D eigenvalue weighted by molar-refractivity contribution is 8.00. The average Bonchev–Trinajstić information content (AvgIpc) is 2.40. The van der Waals surface area contributed by atoms with Gasteiger partial charge in [-0.3, -0.25) is 0 Å². The third kappa shape index (κ3) is 3.84. The van der Waals surface area contributed by atoms with E-state index in [0.717, 1.165) is 18.1 Å². The van der Waals surface area contributed by atoms with E-state index in [9.17, 15) is 0 Å². The SMILES string of the molecule is CC(C)NCc1cc(Cl)ccc1N1CCSC(C)C1C. The normalized spacial score (nSPS) is 23.4. The summed E-state index contributed by atoms with van der Waals surface area (Å²) in [6.45, 7) is 11.0. The maximum atomic E-state index is 6.19. The van der Waals surface area contributed by atoms with E-state index in [1.54, 1.807) is 0 Å². The summed E-state index contributed by atoms with van der Waals surface area (Å²) in [5, 5.41) is 5.00. The summed E-state index contributed by atoms with van der Waals surface area (Å²) < 4.78 is 0. The fourth-order valence-electron chi connectivity index (χ4n) is 2.56. The molecule has 0 aromatic heterocycles. The predicted molar refractivity (Wildman–Crippen MR) is 92.2 cm³/mol. The van der Waals surface area contributed by atoms with Gasteiger partial charge in [0, 0.05) is 46.9 Å². The Kier molecular flexibility index (Phi) is 5.65. The number of anilines is 1. The van der Waals surface area contributed by atoms with Crippen LogP contribution in [0.25, 0.3) is 0 Å². The minimum absolute atomic E-state index is 0.482. The zero-order valence-corrected chi connectivity index (χ0v) is 14.4. The van der Waals surface area contributed by atoms with Gasteiger partial charge in [-0.05, 0) is 30.7 Å². The number of nitrogens with one attached hydrogen (secondary N) is 1. The molecule has 0 amide bonds. The maximum absolute atomic E-state index is 6.19. The summed E-state index contributed by atoms with van der Waals surface area (Å²) in [7, 11) is 0. The Morgan fingerprint density at radius 2 is 2.15 bits per heavy atom. The molecule has 4 heteroatoms. The first-order valence-corrected chi connectivity index (χ1v) is 8.81. The monoisotopic (exact) mass is 312 g/mol. The van der Waals surface area contributed by atoms with Crippen molar-refractivity contribution in [2.45, 2.75) is 51.6 Å². The molecule has 1 N–H and O–H groups in total. The molecule has 2 atom stereocenters. The number of thioether (sulfide) groups is 1. The molecule has 20 heavy (non-hydrogen) atoms. The minimum Gasteiger partial charge on any atom is -0.367 e. The van der Waals surface area contributed by atoms with Crippen LogP contribution < -0.4 is 10.2 Å². The van der Waals surface area contributed by atoms with Gasteiger partial charge in [0.2, 0.25) is 0 Å². The number of halogens is 1. The van der Waals surface area contributed by atoms with Crippen LogP contribution in [0.4, 0.5) is 5.69 Å². The lowest BCUT2D eigenvalue weighted by molar-refractivity contribution is 0.581. The third-order valence-electron chi connectivity index (χ3n) is 3.94. The molecule has 1 fully saturated rings. The summed E-state index contributed by atoms with van der Waals surface area (Å²) in [5.41, 5.74) is 2.64. The summed E-state index contributed by atoms with van der Waals surface area (Å²) in [4.78, 5) is 2.54. The van der Waals surface area contributed by atoms with Gasteiger partial charge < -0.3 is 10.2 Å². The van der Waals surface area contributed by atoms with Gasteiger partial charge in [0.05, 0.1) is 0 Å². The average molecular weight is 313 g/mol. The second kappa shape index (κ2) is 7.06. The van der Waals surface area contributed by atoms with Crippen molar-refractivity contribution in [3.05, 3.63) is 28.8 Å². The van der Waals surface area contributed by atoms with Crippen molar-refractivity contribution in [2.75, 3.05) is 17.2 Å². The minimum atomic E-state index is 0.482. The van der Waals surface area contributed by atoms with E-state index in [0.29, 0.717) is 17.3 Å². The first kappa shape index (κ1) is 16.0. The Hall–Kier alpha value is -0.380. The molecule has 112 valence electrons. The summed E-state index contributed by atoms with van der Waals surface area (Å²) in [6.07, 6.45) is 0. The summed E-state index contributed by atoms with van der Waals surface area (Å²) in [6, 6.07) is 7.34.